The van der Waals surface area contributed by atoms with Crippen LogP contribution in [0.4, 0.5) is 13.2 Å². The number of nitrogens with one attached hydrogen (secondary N) is 1. The van der Waals surface area contributed by atoms with Gasteiger partial charge in [0.1, 0.15) is 12.1 Å². The molecule has 2 rings (SSSR count). The number of carbonyl (C=O) groups is 1. The second-order valence-corrected chi connectivity index (χ2v) is 5.20. The molecule has 0 bridgehead atoms. The standard InChI is InChI=1S/C15H12ClF3N2O2/c16-11-4-1-3-10(7-11)8-20-13(22)9-21-6-2-5-12(14(21)23)15(17,18)19/h1-7H,8-9H2,(H,20,22). The molecule has 122 valence electrons. The first kappa shape index (κ1) is 17.1. The number of nitrogens with zero attached hydrogens (tertiary/aromatic N) is 1. The van der Waals surface area contributed by atoms with Crippen molar-refractivity contribution in [2.24, 2.45) is 0 Å². The molecule has 1 aromatic carbocycles. The Morgan fingerprint density at radius 3 is 2.61 bits per heavy atom. The van der Waals surface area contributed by atoms with Crippen molar-refractivity contribution in [3.63, 3.8) is 0 Å². The van der Waals surface area contributed by atoms with Gasteiger partial charge in [-0.1, -0.05) is 23.7 Å². The van der Waals surface area contributed by atoms with Crippen molar-refractivity contribution in [3.05, 3.63) is 69.1 Å². The zero-order valence-electron chi connectivity index (χ0n) is 11.7. The number of halogens is 4. The number of benzene rings is 1. The van der Waals surface area contributed by atoms with Gasteiger partial charge in [0.05, 0.1) is 0 Å². The van der Waals surface area contributed by atoms with E-state index in [1.54, 1.807) is 24.3 Å². The van der Waals surface area contributed by atoms with E-state index in [2.05, 4.69) is 5.32 Å². The lowest BCUT2D eigenvalue weighted by Crippen LogP contribution is -2.34. The van der Waals surface area contributed by atoms with Crippen LogP contribution in [0.3, 0.4) is 0 Å². The van der Waals surface area contributed by atoms with E-state index in [0.29, 0.717) is 11.1 Å². The van der Waals surface area contributed by atoms with Crippen LogP contribution in [0.25, 0.3) is 0 Å². The highest BCUT2D eigenvalue weighted by atomic mass is 35.5. The minimum atomic E-state index is -4.75. The number of carbonyl (C=O) groups excluding carboxylic acids is 1. The summed E-state index contributed by atoms with van der Waals surface area (Å²) in [5.74, 6) is -0.577. The summed E-state index contributed by atoms with van der Waals surface area (Å²) in [7, 11) is 0. The van der Waals surface area contributed by atoms with Crippen molar-refractivity contribution >= 4 is 17.5 Å². The first-order valence-electron chi connectivity index (χ1n) is 6.55. The van der Waals surface area contributed by atoms with Gasteiger partial charge in [0.2, 0.25) is 5.91 Å². The second kappa shape index (κ2) is 6.87. The van der Waals surface area contributed by atoms with Crippen molar-refractivity contribution in [1.29, 1.82) is 0 Å². The molecule has 1 heterocycles. The molecule has 4 nitrogen and oxygen atoms in total. The fraction of sp³-hybridized carbons (Fsp3) is 0.200. The minimum absolute atomic E-state index is 0.160. The predicted octanol–water partition coefficient (Wildman–Crippen LogP) is 2.84. The number of hydrogen-bond acceptors (Lipinski definition) is 2. The summed E-state index contributed by atoms with van der Waals surface area (Å²) in [5.41, 5.74) is -1.82. The van der Waals surface area contributed by atoms with Gasteiger partial charge in [-0.25, -0.2) is 0 Å². The van der Waals surface area contributed by atoms with Gasteiger partial charge in [-0.05, 0) is 29.8 Å². The second-order valence-electron chi connectivity index (χ2n) is 4.76. The monoisotopic (exact) mass is 344 g/mol. The van der Waals surface area contributed by atoms with Crippen molar-refractivity contribution in [3.8, 4) is 0 Å². The van der Waals surface area contributed by atoms with Crippen LogP contribution in [0.5, 0.6) is 0 Å². The lowest BCUT2D eigenvalue weighted by atomic mass is 10.2. The van der Waals surface area contributed by atoms with Crippen LogP contribution in [0.15, 0.2) is 47.4 Å². The molecular formula is C15H12ClF3N2O2. The van der Waals surface area contributed by atoms with Crippen molar-refractivity contribution in [1.82, 2.24) is 9.88 Å². The molecule has 0 saturated carbocycles. The summed E-state index contributed by atoms with van der Waals surface area (Å²) in [5, 5.41) is 3.03. The molecule has 0 spiro atoms. The van der Waals surface area contributed by atoms with Gasteiger partial charge >= 0.3 is 6.18 Å². The number of aromatic nitrogens is 1. The molecule has 1 aromatic heterocycles. The van der Waals surface area contributed by atoms with Gasteiger partial charge in [-0.15, -0.1) is 0 Å². The maximum absolute atomic E-state index is 12.6. The molecule has 0 atom stereocenters. The predicted molar refractivity (Wildman–Crippen MR) is 79.0 cm³/mol. The SMILES string of the molecule is O=C(Cn1cccc(C(F)(F)F)c1=O)NCc1cccc(Cl)c1. The molecule has 0 unspecified atom stereocenters. The van der Waals surface area contributed by atoms with Crippen LogP contribution in [-0.4, -0.2) is 10.5 Å². The zero-order chi connectivity index (χ0) is 17.0. The van der Waals surface area contributed by atoms with Gasteiger partial charge in [0.25, 0.3) is 5.56 Å². The molecule has 8 heteroatoms. The van der Waals surface area contributed by atoms with E-state index in [1.807, 2.05) is 0 Å². The normalized spacial score (nSPS) is 11.3. The van der Waals surface area contributed by atoms with Crippen LogP contribution in [0.1, 0.15) is 11.1 Å². The Bertz CT molecular complexity index is 772. The molecule has 0 aliphatic heterocycles. The summed E-state index contributed by atoms with van der Waals surface area (Å²) in [6.45, 7) is -0.337. The third-order valence-electron chi connectivity index (χ3n) is 3.02. The molecular weight excluding hydrogens is 333 g/mol. The van der Waals surface area contributed by atoms with E-state index in [9.17, 15) is 22.8 Å². The Morgan fingerprint density at radius 1 is 1.22 bits per heavy atom. The Hall–Kier alpha value is -2.28. The number of alkyl halides is 3. The van der Waals surface area contributed by atoms with Crippen LogP contribution >= 0.6 is 11.6 Å². The Labute approximate surface area is 134 Å². The smallest absolute Gasteiger partial charge is 0.350 e. The highest BCUT2D eigenvalue weighted by Gasteiger charge is 2.34. The highest BCUT2D eigenvalue weighted by molar-refractivity contribution is 6.30. The molecule has 2 aromatic rings. The summed E-state index contributed by atoms with van der Waals surface area (Å²) in [4.78, 5) is 23.5. The van der Waals surface area contributed by atoms with Crippen LogP contribution < -0.4 is 10.9 Å². The molecule has 1 N–H and O–H groups in total. The molecule has 0 fully saturated rings. The van der Waals surface area contributed by atoms with Crippen LogP contribution in [0, 0.1) is 0 Å². The molecule has 1 amide bonds. The Morgan fingerprint density at radius 2 is 1.96 bits per heavy atom. The lowest BCUT2D eigenvalue weighted by molar-refractivity contribution is -0.139. The summed E-state index contributed by atoms with van der Waals surface area (Å²) < 4.78 is 38.7. The first-order valence-corrected chi connectivity index (χ1v) is 6.93. The molecule has 23 heavy (non-hydrogen) atoms. The average molecular weight is 345 g/mol. The maximum Gasteiger partial charge on any atom is 0.421 e. The fourth-order valence-corrected chi connectivity index (χ4v) is 2.15. The van der Waals surface area contributed by atoms with E-state index in [4.69, 9.17) is 11.6 Å². The van der Waals surface area contributed by atoms with Crippen molar-refractivity contribution in [2.75, 3.05) is 0 Å². The van der Waals surface area contributed by atoms with E-state index in [1.165, 1.54) is 0 Å². The van der Waals surface area contributed by atoms with Gasteiger partial charge < -0.3 is 9.88 Å². The summed E-state index contributed by atoms with van der Waals surface area (Å²) >= 11 is 5.81. The van der Waals surface area contributed by atoms with Gasteiger partial charge in [-0.3, -0.25) is 9.59 Å². The first-order chi connectivity index (χ1) is 10.8. The maximum atomic E-state index is 12.6. The van der Waals surface area contributed by atoms with Gasteiger partial charge in [0.15, 0.2) is 0 Å². The van der Waals surface area contributed by atoms with Gasteiger partial charge in [-0.2, -0.15) is 13.2 Å². The Kier molecular flexibility index (Phi) is 5.10. The number of rotatable bonds is 4. The van der Waals surface area contributed by atoms with E-state index >= 15 is 0 Å². The third-order valence-corrected chi connectivity index (χ3v) is 3.25. The van der Waals surface area contributed by atoms with Crippen LogP contribution in [-0.2, 0) is 24.1 Å². The van der Waals surface area contributed by atoms with Crippen molar-refractivity contribution < 1.29 is 18.0 Å². The summed E-state index contributed by atoms with van der Waals surface area (Å²) in [6.07, 6.45) is -3.62. The topological polar surface area (TPSA) is 51.1 Å². The summed E-state index contributed by atoms with van der Waals surface area (Å²) in [6, 6.07) is 8.54. The fourth-order valence-electron chi connectivity index (χ4n) is 1.94. The lowest BCUT2D eigenvalue weighted by Gasteiger charge is -2.10. The van der Waals surface area contributed by atoms with Gasteiger partial charge in [0, 0.05) is 17.8 Å². The molecule has 0 radical (unpaired) electrons. The quantitative estimate of drug-likeness (QED) is 0.927. The molecule has 0 saturated heterocycles. The Balaban J connectivity index is 2.05. The largest absolute Gasteiger partial charge is 0.421 e. The third kappa shape index (κ3) is 4.59. The van der Waals surface area contributed by atoms with E-state index in [-0.39, 0.29) is 6.54 Å². The molecule has 0 aliphatic rings. The number of amides is 1. The zero-order valence-corrected chi connectivity index (χ0v) is 12.5. The van der Waals surface area contributed by atoms with Crippen LogP contribution in [0.2, 0.25) is 5.02 Å². The highest BCUT2D eigenvalue weighted by Crippen LogP contribution is 2.25. The minimum Gasteiger partial charge on any atom is -0.350 e. The molecule has 0 aliphatic carbocycles. The number of hydrogen-bond donors (Lipinski definition) is 1. The van der Waals surface area contributed by atoms with Crippen molar-refractivity contribution in [2.45, 2.75) is 19.3 Å². The van der Waals surface area contributed by atoms with E-state index in [0.717, 1.165) is 22.4 Å². The van der Waals surface area contributed by atoms with E-state index < -0.39 is 29.8 Å². The number of pyridine rings is 1. The average Bonchev–Trinajstić information content (AvgIpc) is 2.46.